The Balaban J connectivity index is 2.53. The molecule has 0 unspecified atom stereocenters. The van der Waals surface area contributed by atoms with E-state index in [1.807, 2.05) is 32.9 Å². The molecule has 18 heavy (non-hydrogen) atoms. The van der Waals surface area contributed by atoms with E-state index in [0.29, 0.717) is 6.54 Å². The van der Waals surface area contributed by atoms with Crippen molar-refractivity contribution in [3.05, 3.63) is 29.3 Å². The molecule has 1 N–H and O–H groups in total. The van der Waals surface area contributed by atoms with Crippen molar-refractivity contribution in [1.29, 1.82) is 0 Å². The zero-order chi connectivity index (χ0) is 13.5. The van der Waals surface area contributed by atoms with Gasteiger partial charge in [0.25, 0.3) is 0 Å². The van der Waals surface area contributed by atoms with Gasteiger partial charge in [0.05, 0.1) is 13.2 Å². The van der Waals surface area contributed by atoms with Gasteiger partial charge in [0, 0.05) is 6.54 Å². The second-order valence-corrected chi connectivity index (χ2v) is 4.43. The molecule has 0 aliphatic rings. The third kappa shape index (κ3) is 4.65. The predicted octanol–water partition coefficient (Wildman–Crippen LogP) is 2.68. The maximum atomic E-state index is 10.9. The van der Waals surface area contributed by atoms with Crippen molar-refractivity contribution in [2.75, 3.05) is 13.7 Å². The zero-order valence-electron chi connectivity index (χ0n) is 11.4. The van der Waals surface area contributed by atoms with Crippen LogP contribution in [0.15, 0.2) is 18.2 Å². The molecule has 0 aliphatic carbocycles. The fraction of sp³-hybridized carbons (Fsp3) is 0.500. The van der Waals surface area contributed by atoms with Gasteiger partial charge >= 0.3 is 6.09 Å². The van der Waals surface area contributed by atoms with Gasteiger partial charge < -0.3 is 14.8 Å². The highest BCUT2D eigenvalue weighted by Crippen LogP contribution is 2.20. The lowest BCUT2D eigenvalue weighted by molar-refractivity contribution is 0.171. The van der Waals surface area contributed by atoms with Crippen LogP contribution in [0.25, 0.3) is 0 Å². The Morgan fingerprint density at radius 2 is 2.11 bits per heavy atom. The first-order chi connectivity index (χ1) is 8.52. The number of ether oxygens (including phenoxy) is 2. The van der Waals surface area contributed by atoms with Crippen molar-refractivity contribution in [2.24, 2.45) is 0 Å². The largest absolute Gasteiger partial charge is 0.491 e. The van der Waals surface area contributed by atoms with Crippen LogP contribution in [0.4, 0.5) is 4.79 Å². The molecule has 0 saturated carbocycles. The first-order valence-electron chi connectivity index (χ1n) is 6.11. The molecule has 4 heteroatoms. The Kier molecular flexibility index (Phi) is 5.49. The highest BCUT2D eigenvalue weighted by molar-refractivity contribution is 5.66. The van der Waals surface area contributed by atoms with E-state index in [4.69, 9.17) is 4.74 Å². The number of rotatable bonds is 5. The first-order valence-corrected chi connectivity index (χ1v) is 6.11. The molecule has 0 aliphatic heterocycles. The number of aryl methyl sites for hydroxylation is 1. The summed E-state index contributed by atoms with van der Waals surface area (Å²) in [6, 6.07) is 6.07. The second kappa shape index (κ2) is 6.89. The average Bonchev–Trinajstić information content (AvgIpc) is 2.32. The molecule has 0 aromatic heterocycles. The van der Waals surface area contributed by atoms with Gasteiger partial charge in [-0.2, -0.15) is 0 Å². The average molecular weight is 251 g/mol. The fourth-order valence-corrected chi connectivity index (χ4v) is 1.63. The second-order valence-electron chi connectivity index (χ2n) is 4.43. The minimum Gasteiger partial charge on any atom is -0.491 e. The quantitative estimate of drug-likeness (QED) is 0.875. The van der Waals surface area contributed by atoms with Crippen LogP contribution >= 0.6 is 0 Å². The highest BCUT2D eigenvalue weighted by atomic mass is 16.5. The van der Waals surface area contributed by atoms with E-state index < -0.39 is 6.09 Å². The molecule has 0 bridgehead atoms. The van der Waals surface area contributed by atoms with Crippen molar-refractivity contribution in [3.63, 3.8) is 0 Å². The van der Waals surface area contributed by atoms with Crippen molar-refractivity contribution in [3.8, 4) is 5.75 Å². The zero-order valence-corrected chi connectivity index (χ0v) is 11.4. The summed E-state index contributed by atoms with van der Waals surface area (Å²) < 4.78 is 10.2. The number of hydrogen-bond donors (Lipinski definition) is 1. The number of hydrogen-bond acceptors (Lipinski definition) is 3. The summed E-state index contributed by atoms with van der Waals surface area (Å²) >= 11 is 0. The summed E-state index contributed by atoms with van der Waals surface area (Å²) in [6.07, 6.45) is 0.555. The SMILES string of the molecule is COC(=O)NCCc1ccc(OC(C)C)c(C)c1. The molecule has 0 atom stereocenters. The summed E-state index contributed by atoms with van der Waals surface area (Å²) in [4.78, 5) is 10.9. The Labute approximate surface area is 108 Å². The maximum Gasteiger partial charge on any atom is 0.406 e. The number of benzene rings is 1. The van der Waals surface area contributed by atoms with E-state index in [-0.39, 0.29) is 6.10 Å². The van der Waals surface area contributed by atoms with Crippen molar-refractivity contribution >= 4 is 6.09 Å². The summed E-state index contributed by atoms with van der Waals surface area (Å²) in [5, 5.41) is 2.65. The van der Waals surface area contributed by atoms with E-state index in [0.717, 1.165) is 17.7 Å². The molecule has 1 amide bonds. The molecular formula is C14H21NO3. The molecule has 1 aromatic rings. The van der Waals surface area contributed by atoms with Gasteiger partial charge in [-0.15, -0.1) is 0 Å². The molecule has 0 fully saturated rings. The van der Waals surface area contributed by atoms with Crippen LogP contribution < -0.4 is 10.1 Å². The summed E-state index contributed by atoms with van der Waals surface area (Å²) in [6.45, 7) is 6.60. The highest BCUT2D eigenvalue weighted by Gasteiger charge is 2.04. The monoisotopic (exact) mass is 251 g/mol. The molecule has 0 radical (unpaired) electrons. The Morgan fingerprint density at radius 1 is 1.39 bits per heavy atom. The molecule has 0 spiro atoms. The maximum absolute atomic E-state index is 10.9. The molecule has 1 rings (SSSR count). The summed E-state index contributed by atoms with van der Waals surface area (Å²) in [5.41, 5.74) is 2.28. The van der Waals surface area contributed by atoms with E-state index >= 15 is 0 Å². The minimum absolute atomic E-state index is 0.176. The number of methoxy groups -OCH3 is 1. The van der Waals surface area contributed by atoms with Gasteiger partial charge in [-0.05, 0) is 44.4 Å². The summed E-state index contributed by atoms with van der Waals surface area (Å²) in [7, 11) is 1.36. The van der Waals surface area contributed by atoms with E-state index in [1.54, 1.807) is 0 Å². The molecular weight excluding hydrogens is 230 g/mol. The van der Waals surface area contributed by atoms with Gasteiger partial charge in [0.1, 0.15) is 5.75 Å². The standard InChI is InChI=1S/C14H21NO3/c1-10(2)18-13-6-5-12(9-11(13)3)7-8-15-14(16)17-4/h5-6,9-10H,7-8H2,1-4H3,(H,15,16). The van der Waals surface area contributed by atoms with Crippen LogP contribution in [0, 0.1) is 6.92 Å². The minimum atomic E-state index is -0.397. The van der Waals surface area contributed by atoms with Gasteiger partial charge in [-0.25, -0.2) is 4.79 Å². The lowest BCUT2D eigenvalue weighted by Gasteiger charge is -2.13. The molecule has 100 valence electrons. The first kappa shape index (κ1) is 14.4. The summed E-state index contributed by atoms with van der Waals surface area (Å²) in [5.74, 6) is 0.912. The van der Waals surface area contributed by atoms with Crippen molar-refractivity contribution in [1.82, 2.24) is 5.32 Å². The smallest absolute Gasteiger partial charge is 0.406 e. The lowest BCUT2D eigenvalue weighted by atomic mass is 10.1. The number of alkyl carbamates (subject to hydrolysis) is 1. The van der Waals surface area contributed by atoms with Crippen LogP contribution in [0.1, 0.15) is 25.0 Å². The van der Waals surface area contributed by atoms with Gasteiger partial charge in [-0.1, -0.05) is 12.1 Å². The van der Waals surface area contributed by atoms with Crippen LogP contribution in [-0.4, -0.2) is 25.9 Å². The van der Waals surface area contributed by atoms with Crippen molar-refractivity contribution in [2.45, 2.75) is 33.3 Å². The lowest BCUT2D eigenvalue weighted by Crippen LogP contribution is -2.25. The number of carbonyl (C=O) groups excluding carboxylic acids is 1. The Morgan fingerprint density at radius 3 is 2.67 bits per heavy atom. The molecule has 0 saturated heterocycles. The van der Waals surface area contributed by atoms with Crippen molar-refractivity contribution < 1.29 is 14.3 Å². The predicted molar refractivity (Wildman–Crippen MR) is 71.1 cm³/mol. The number of nitrogens with one attached hydrogen (secondary N) is 1. The normalized spacial score (nSPS) is 10.3. The topological polar surface area (TPSA) is 47.6 Å². The fourth-order valence-electron chi connectivity index (χ4n) is 1.63. The van der Waals surface area contributed by atoms with Gasteiger partial charge in [-0.3, -0.25) is 0 Å². The third-order valence-corrected chi connectivity index (χ3v) is 2.47. The van der Waals surface area contributed by atoms with Gasteiger partial charge in [0.2, 0.25) is 0 Å². The molecule has 1 aromatic carbocycles. The third-order valence-electron chi connectivity index (χ3n) is 2.47. The van der Waals surface area contributed by atoms with E-state index in [1.165, 1.54) is 12.7 Å². The van der Waals surface area contributed by atoms with Crippen LogP contribution in [-0.2, 0) is 11.2 Å². The number of amides is 1. The van der Waals surface area contributed by atoms with E-state index in [9.17, 15) is 4.79 Å². The van der Waals surface area contributed by atoms with Crippen LogP contribution in [0.5, 0.6) is 5.75 Å². The Hall–Kier alpha value is -1.71. The number of carbonyl (C=O) groups is 1. The van der Waals surface area contributed by atoms with E-state index in [2.05, 4.69) is 16.1 Å². The van der Waals surface area contributed by atoms with Gasteiger partial charge in [0.15, 0.2) is 0 Å². The molecule has 4 nitrogen and oxygen atoms in total. The van der Waals surface area contributed by atoms with Crippen LogP contribution in [0.3, 0.4) is 0 Å². The molecule has 0 heterocycles. The van der Waals surface area contributed by atoms with Crippen LogP contribution in [0.2, 0.25) is 0 Å². The Bertz CT molecular complexity index is 402.